The molecule has 194 valence electrons. The van der Waals surface area contributed by atoms with Crippen molar-refractivity contribution in [1.29, 1.82) is 0 Å². The largest absolute Gasteiger partial charge is 0.573 e. The molecule has 0 fully saturated rings. The van der Waals surface area contributed by atoms with E-state index >= 15 is 0 Å². The van der Waals surface area contributed by atoms with Crippen molar-refractivity contribution in [3.63, 3.8) is 0 Å². The number of halogens is 4. The zero-order valence-corrected chi connectivity index (χ0v) is 21.0. The first-order chi connectivity index (χ1) is 18.1. The Morgan fingerprint density at radius 1 is 1.03 bits per heavy atom. The Morgan fingerprint density at radius 2 is 1.76 bits per heavy atom. The van der Waals surface area contributed by atoms with Gasteiger partial charge in [0.05, 0.1) is 18.7 Å². The predicted octanol–water partition coefficient (Wildman–Crippen LogP) is 6.89. The molecule has 1 amide bonds. The van der Waals surface area contributed by atoms with E-state index in [0.717, 1.165) is 21.5 Å². The Hall–Kier alpha value is -4.25. The van der Waals surface area contributed by atoms with E-state index in [1.807, 2.05) is 0 Å². The molecule has 4 aromatic rings. The van der Waals surface area contributed by atoms with Gasteiger partial charge in [-0.05, 0) is 66.2 Å². The summed E-state index contributed by atoms with van der Waals surface area (Å²) in [4.78, 5) is 28.1. The molecule has 5 rings (SSSR count). The van der Waals surface area contributed by atoms with Gasteiger partial charge in [0.15, 0.2) is 11.5 Å². The van der Waals surface area contributed by atoms with Crippen molar-refractivity contribution in [2.75, 3.05) is 12.0 Å². The van der Waals surface area contributed by atoms with E-state index < -0.39 is 35.6 Å². The molecule has 1 aromatic heterocycles. The number of nitrogens with zero attached hydrogens (tertiary/aromatic N) is 1. The van der Waals surface area contributed by atoms with Gasteiger partial charge in [0, 0.05) is 15.5 Å². The Kier molecular flexibility index (Phi) is 6.39. The van der Waals surface area contributed by atoms with Crippen LogP contribution >= 0.6 is 15.9 Å². The van der Waals surface area contributed by atoms with Gasteiger partial charge in [-0.15, -0.1) is 13.2 Å². The first-order valence-corrected chi connectivity index (χ1v) is 11.9. The lowest BCUT2D eigenvalue weighted by Crippen LogP contribution is -2.31. The van der Waals surface area contributed by atoms with Crippen molar-refractivity contribution in [1.82, 2.24) is 0 Å². The molecule has 11 heteroatoms. The number of benzene rings is 3. The van der Waals surface area contributed by atoms with Gasteiger partial charge in [-0.1, -0.05) is 28.1 Å². The number of rotatable bonds is 6. The van der Waals surface area contributed by atoms with Crippen LogP contribution in [-0.2, 0) is 4.79 Å². The first kappa shape index (κ1) is 25.4. The number of amides is 1. The number of carbonyl (C=O) groups excluding carboxylic acids is 2. The van der Waals surface area contributed by atoms with Crippen LogP contribution in [0.25, 0.3) is 11.0 Å². The molecular weight excluding hydrogens is 571 g/mol. The van der Waals surface area contributed by atoms with Gasteiger partial charge in [0.25, 0.3) is 5.91 Å². The maximum atomic E-state index is 13.7. The van der Waals surface area contributed by atoms with Crippen LogP contribution in [0, 0.1) is 0 Å². The predicted molar refractivity (Wildman–Crippen MR) is 134 cm³/mol. The van der Waals surface area contributed by atoms with Crippen molar-refractivity contribution in [2.24, 2.45) is 0 Å². The molecule has 1 N–H and O–H groups in total. The van der Waals surface area contributed by atoms with Gasteiger partial charge >= 0.3 is 6.36 Å². The van der Waals surface area contributed by atoms with Crippen LogP contribution in [0.5, 0.6) is 11.5 Å². The number of ether oxygens (including phenoxy) is 2. The number of hydrogen-bond acceptors (Lipinski definition) is 6. The molecule has 2 heterocycles. The van der Waals surface area contributed by atoms with E-state index in [0.29, 0.717) is 22.3 Å². The maximum absolute atomic E-state index is 13.7. The van der Waals surface area contributed by atoms with Crippen molar-refractivity contribution in [2.45, 2.75) is 12.4 Å². The minimum atomic E-state index is -4.89. The van der Waals surface area contributed by atoms with Crippen LogP contribution in [-0.4, -0.2) is 30.3 Å². The molecule has 1 atom stereocenters. The number of methoxy groups -OCH3 is 1. The summed E-state index contributed by atoms with van der Waals surface area (Å²) in [5, 5.41) is 11.5. The number of aliphatic hydroxyl groups is 1. The Bertz CT molecular complexity index is 1590. The second kappa shape index (κ2) is 9.56. The molecule has 1 unspecified atom stereocenters. The fraction of sp³-hybridized carbons (Fsp3) is 0.111. The normalized spacial score (nSPS) is 15.9. The van der Waals surface area contributed by atoms with Crippen LogP contribution in [0.15, 0.2) is 93.0 Å². The summed E-state index contributed by atoms with van der Waals surface area (Å²) in [6.07, 6.45) is -4.89. The van der Waals surface area contributed by atoms with Gasteiger partial charge in [-0.25, -0.2) is 0 Å². The Balaban J connectivity index is 1.61. The third-order valence-electron chi connectivity index (χ3n) is 5.91. The molecule has 0 saturated carbocycles. The molecule has 0 spiro atoms. The summed E-state index contributed by atoms with van der Waals surface area (Å²) in [6, 6.07) is 16.6. The number of carbonyl (C=O) groups is 2. The number of fused-ring (bicyclic) bond motifs is 1. The summed E-state index contributed by atoms with van der Waals surface area (Å²) < 4.78 is 53.6. The number of Topliss-reactive ketones (excluding diaryl/α,β-unsaturated/α-hetero) is 1. The number of ketones is 1. The number of hydrogen-bond donors (Lipinski definition) is 1. The van der Waals surface area contributed by atoms with E-state index in [-0.39, 0.29) is 17.0 Å². The quantitative estimate of drug-likeness (QED) is 0.247. The number of aliphatic hydroxyl groups excluding tert-OH is 1. The smallest absolute Gasteiger partial charge is 0.503 e. The van der Waals surface area contributed by atoms with Gasteiger partial charge in [0.1, 0.15) is 17.1 Å². The average Bonchev–Trinajstić information content (AvgIpc) is 3.41. The van der Waals surface area contributed by atoms with Crippen molar-refractivity contribution < 1.29 is 41.8 Å². The average molecular weight is 588 g/mol. The summed E-state index contributed by atoms with van der Waals surface area (Å²) >= 11 is 3.36. The van der Waals surface area contributed by atoms with Gasteiger partial charge in [-0.2, -0.15) is 0 Å². The summed E-state index contributed by atoms with van der Waals surface area (Å²) in [5.74, 6) is -2.61. The second-order valence-corrected chi connectivity index (χ2v) is 9.20. The topological polar surface area (TPSA) is 89.2 Å². The van der Waals surface area contributed by atoms with Crippen molar-refractivity contribution >= 4 is 44.3 Å². The van der Waals surface area contributed by atoms with Crippen LogP contribution in [0.4, 0.5) is 18.9 Å². The highest BCUT2D eigenvalue weighted by atomic mass is 79.9. The highest BCUT2D eigenvalue weighted by molar-refractivity contribution is 9.10. The third kappa shape index (κ3) is 4.72. The van der Waals surface area contributed by atoms with E-state index in [1.165, 1.54) is 25.3 Å². The molecule has 3 aromatic carbocycles. The molecule has 1 aliphatic rings. The number of alkyl halides is 3. The fourth-order valence-corrected chi connectivity index (χ4v) is 4.68. The fourth-order valence-electron chi connectivity index (χ4n) is 4.30. The molecule has 0 radical (unpaired) electrons. The second-order valence-electron chi connectivity index (χ2n) is 8.28. The molecule has 0 aliphatic carbocycles. The van der Waals surface area contributed by atoms with Gasteiger partial charge < -0.3 is 19.0 Å². The van der Waals surface area contributed by atoms with Crippen molar-refractivity contribution in [3.8, 4) is 11.5 Å². The molecule has 1 aliphatic heterocycles. The van der Waals surface area contributed by atoms with Crippen LogP contribution in [0.3, 0.4) is 0 Å². The third-order valence-corrected chi connectivity index (χ3v) is 6.41. The minimum Gasteiger partial charge on any atom is -0.503 e. The van der Waals surface area contributed by atoms with E-state index in [9.17, 15) is 27.9 Å². The lowest BCUT2D eigenvalue weighted by molar-refractivity contribution is -0.274. The maximum Gasteiger partial charge on any atom is 0.573 e. The molecule has 0 bridgehead atoms. The molecular formula is C27H17BrF3NO6. The molecule has 38 heavy (non-hydrogen) atoms. The van der Waals surface area contributed by atoms with E-state index in [2.05, 4.69) is 20.7 Å². The monoisotopic (exact) mass is 587 g/mol. The van der Waals surface area contributed by atoms with Crippen LogP contribution < -0.4 is 14.4 Å². The summed E-state index contributed by atoms with van der Waals surface area (Å²) in [6.45, 7) is 0. The summed E-state index contributed by atoms with van der Waals surface area (Å²) in [5.41, 5.74) is 0.716. The lowest BCUT2D eigenvalue weighted by Gasteiger charge is -2.27. The first-order valence-electron chi connectivity index (χ1n) is 11.1. The van der Waals surface area contributed by atoms with Gasteiger partial charge in [0.2, 0.25) is 5.78 Å². The minimum absolute atomic E-state index is 0.101. The van der Waals surface area contributed by atoms with E-state index in [1.54, 1.807) is 42.5 Å². The van der Waals surface area contributed by atoms with Gasteiger partial charge in [-0.3, -0.25) is 14.5 Å². The Labute approximate surface area is 221 Å². The van der Waals surface area contributed by atoms with E-state index in [4.69, 9.17) is 9.15 Å². The Morgan fingerprint density at radius 3 is 2.45 bits per heavy atom. The molecule has 7 nitrogen and oxygen atoms in total. The standard InChI is InChI=1S/C27H17BrF3NO6/c1-36-19-4-2-3-14(12-19)23-22(24(33)21-13-15-11-16(28)5-10-20(15)37-21)25(34)26(35)32(23)17-6-8-18(9-7-17)38-27(29,30)31/h2-13,23,34H,1H3. The molecule has 0 saturated heterocycles. The number of anilines is 1. The van der Waals surface area contributed by atoms with Crippen molar-refractivity contribution in [3.05, 3.63) is 99.9 Å². The zero-order chi connectivity index (χ0) is 27.2. The highest BCUT2D eigenvalue weighted by Crippen LogP contribution is 2.43. The zero-order valence-electron chi connectivity index (χ0n) is 19.5. The van der Waals surface area contributed by atoms with Crippen LogP contribution in [0.1, 0.15) is 22.2 Å². The van der Waals surface area contributed by atoms with Crippen LogP contribution in [0.2, 0.25) is 0 Å². The summed E-state index contributed by atoms with van der Waals surface area (Å²) in [7, 11) is 1.45. The lowest BCUT2D eigenvalue weighted by atomic mass is 9.94. The SMILES string of the molecule is COc1cccc(C2C(C(=O)c3cc4cc(Br)ccc4o3)=C(O)C(=O)N2c2ccc(OC(F)(F)F)cc2)c1. The number of furan rings is 1. The highest BCUT2D eigenvalue weighted by Gasteiger charge is 2.45.